The zero-order chi connectivity index (χ0) is 18.4. The summed E-state index contributed by atoms with van der Waals surface area (Å²) in [5.74, 6) is -0.636. The van der Waals surface area contributed by atoms with E-state index in [-0.39, 0.29) is 5.91 Å². The molecule has 6 nitrogen and oxygen atoms in total. The van der Waals surface area contributed by atoms with Gasteiger partial charge in [-0.2, -0.15) is 0 Å². The lowest BCUT2D eigenvalue weighted by Crippen LogP contribution is -2.11. The number of pyridine rings is 1. The van der Waals surface area contributed by atoms with Gasteiger partial charge in [0, 0.05) is 23.8 Å². The Labute approximate surface area is 150 Å². The lowest BCUT2D eigenvalue weighted by Gasteiger charge is -2.11. The molecule has 6 heteroatoms. The van der Waals surface area contributed by atoms with Gasteiger partial charge in [-0.25, -0.2) is 4.79 Å². The number of aromatic nitrogens is 1. The molecule has 0 aliphatic carbocycles. The average molecular weight is 347 g/mol. The van der Waals surface area contributed by atoms with E-state index in [9.17, 15) is 9.59 Å². The number of rotatable bonds is 5. The molecule has 3 aromatic rings. The summed E-state index contributed by atoms with van der Waals surface area (Å²) in [7, 11) is 1.35. The van der Waals surface area contributed by atoms with Gasteiger partial charge in [-0.3, -0.25) is 9.78 Å². The van der Waals surface area contributed by atoms with Gasteiger partial charge in [0.1, 0.15) is 0 Å². The van der Waals surface area contributed by atoms with Crippen LogP contribution in [-0.2, 0) is 4.74 Å². The fraction of sp³-hybridized carbons (Fsp3) is 0.0500. The van der Waals surface area contributed by atoms with E-state index >= 15 is 0 Å². The van der Waals surface area contributed by atoms with Gasteiger partial charge < -0.3 is 15.4 Å². The molecule has 3 rings (SSSR count). The molecule has 0 radical (unpaired) electrons. The molecule has 130 valence electrons. The van der Waals surface area contributed by atoms with E-state index in [1.807, 2.05) is 18.2 Å². The summed E-state index contributed by atoms with van der Waals surface area (Å²) in [4.78, 5) is 27.9. The monoisotopic (exact) mass is 347 g/mol. The molecular weight excluding hydrogens is 330 g/mol. The Kier molecular flexibility index (Phi) is 5.24. The molecule has 1 aromatic heterocycles. The van der Waals surface area contributed by atoms with Crippen molar-refractivity contribution in [1.82, 2.24) is 4.98 Å². The standard InChI is InChI=1S/C20H17N3O3/c1-26-20(25)17-6-2-3-7-18(17)22-15-8-10-16(11-9-15)23-19(24)14-5-4-12-21-13-14/h2-13,22H,1H3,(H,23,24). The van der Waals surface area contributed by atoms with Crippen LogP contribution in [0.1, 0.15) is 20.7 Å². The van der Waals surface area contributed by atoms with Crippen LogP contribution in [0.4, 0.5) is 17.1 Å². The normalized spacial score (nSPS) is 10.0. The van der Waals surface area contributed by atoms with Gasteiger partial charge in [-0.15, -0.1) is 0 Å². The molecule has 0 atom stereocenters. The van der Waals surface area contributed by atoms with Crippen LogP contribution in [0.5, 0.6) is 0 Å². The van der Waals surface area contributed by atoms with Crippen molar-refractivity contribution in [1.29, 1.82) is 0 Å². The molecule has 2 aromatic carbocycles. The number of hydrogen-bond donors (Lipinski definition) is 2. The number of carbonyl (C=O) groups excluding carboxylic acids is 2. The minimum absolute atomic E-state index is 0.227. The lowest BCUT2D eigenvalue weighted by molar-refractivity contribution is 0.0601. The van der Waals surface area contributed by atoms with Crippen molar-refractivity contribution in [2.24, 2.45) is 0 Å². The summed E-state index contributed by atoms with van der Waals surface area (Å²) in [6.07, 6.45) is 3.12. The van der Waals surface area contributed by atoms with Crippen molar-refractivity contribution < 1.29 is 14.3 Å². The van der Waals surface area contributed by atoms with Gasteiger partial charge in [0.05, 0.1) is 23.9 Å². The number of hydrogen-bond acceptors (Lipinski definition) is 5. The quantitative estimate of drug-likeness (QED) is 0.685. The van der Waals surface area contributed by atoms with Crippen molar-refractivity contribution in [2.75, 3.05) is 17.7 Å². The van der Waals surface area contributed by atoms with Crippen LogP contribution < -0.4 is 10.6 Å². The summed E-state index contributed by atoms with van der Waals surface area (Å²) < 4.78 is 4.79. The van der Waals surface area contributed by atoms with Gasteiger partial charge in [-0.1, -0.05) is 12.1 Å². The Bertz CT molecular complexity index is 909. The smallest absolute Gasteiger partial charge is 0.339 e. The first-order chi connectivity index (χ1) is 12.7. The number of methoxy groups -OCH3 is 1. The number of carbonyl (C=O) groups is 2. The molecule has 0 aliphatic rings. The molecule has 0 bridgehead atoms. The number of amides is 1. The summed E-state index contributed by atoms with van der Waals surface area (Å²) >= 11 is 0. The summed E-state index contributed by atoms with van der Waals surface area (Å²) in [6.45, 7) is 0. The minimum atomic E-state index is -0.409. The van der Waals surface area contributed by atoms with Crippen LogP contribution in [0, 0.1) is 0 Å². The largest absolute Gasteiger partial charge is 0.465 e. The highest BCUT2D eigenvalue weighted by molar-refractivity contribution is 6.04. The van der Waals surface area contributed by atoms with Crippen molar-refractivity contribution in [3.05, 3.63) is 84.2 Å². The molecule has 1 amide bonds. The number of esters is 1. The lowest BCUT2D eigenvalue weighted by atomic mass is 10.1. The Morgan fingerprint density at radius 2 is 1.65 bits per heavy atom. The van der Waals surface area contributed by atoms with E-state index in [0.717, 1.165) is 5.69 Å². The van der Waals surface area contributed by atoms with Gasteiger partial charge in [0.15, 0.2) is 0 Å². The van der Waals surface area contributed by atoms with Gasteiger partial charge in [-0.05, 0) is 48.5 Å². The topological polar surface area (TPSA) is 80.3 Å². The van der Waals surface area contributed by atoms with Crippen molar-refractivity contribution in [2.45, 2.75) is 0 Å². The van der Waals surface area contributed by atoms with E-state index in [0.29, 0.717) is 22.5 Å². The number of nitrogens with zero attached hydrogens (tertiary/aromatic N) is 1. The predicted molar refractivity (Wildman–Crippen MR) is 99.7 cm³/mol. The molecule has 0 unspecified atom stereocenters. The van der Waals surface area contributed by atoms with Crippen LogP contribution >= 0.6 is 0 Å². The SMILES string of the molecule is COC(=O)c1ccccc1Nc1ccc(NC(=O)c2cccnc2)cc1. The Hall–Kier alpha value is -3.67. The van der Waals surface area contributed by atoms with Crippen molar-refractivity contribution in [3.8, 4) is 0 Å². The average Bonchev–Trinajstić information content (AvgIpc) is 2.70. The Morgan fingerprint density at radius 3 is 2.35 bits per heavy atom. The fourth-order valence-electron chi connectivity index (χ4n) is 2.37. The zero-order valence-corrected chi connectivity index (χ0v) is 14.1. The number of anilines is 3. The number of nitrogens with one attached hydrogen (secondary N) is 2. The molecule has 1 heterocycles. The van der Waals surface area contributed by atoms with Crippen LogP contribution in [0.3, 0.4) is 0 Å². The number of ether oxygens (including phenoxy) is 1. The summed E-state index contributed by atoms with van der Waals surface area (Å²) in [5, 5.41) is 5.98. The zero-order valence-electron chi connectivity index (χ0n) is 14.1. The summed E-state index contributed by atoms with van der Waals surface area (Å²) in [5.41, 5.74) is 3.02. The molecule has 0 fully saturated rings. The van der Waals surface area contributed by atoms with Gasteiger partial charge >= 0.3 is 5.97 Å². The minimum Gasteiger partial charge on any atom is -0.465 e. The first-order valence-electron chi connectivity index (χ1n) is 7.93. The van der Waals surface area contributed by atoms with E-state index in [4.69, 9.17) is 4.74 Å². The number of benzene rings is 2. The first kappa shape index (κ1) is 17.2. The second kappa shape index (κ2) is 7.94. The Morgan fingerprint density at radius 1 is 0.923 bits per heavy atom. The number of para-hydroxylation sites is 1. The molecule has 0 aliphatic heterocycles. The maximum Gasteiger partial charge on any atom is 0.339 e. The third kappa shape index (κ3) is 4.05. The third-order valence-corrected chi connectivity index (χ3v) is 3.68. The second-order valence-corrected chi connectivity index (χ2v) is 5.44. The molecular formula is C20H17N3O3. The van der Waals surface area contributed by atoms with Crippen molar-refractivity contribution in [3.63, 3.8) is 0 Å². The van der Waals surface area contributed by atoms with E-state index in [1.54, 1.807) is 48.7 Å². The maximum atomic E-state index is 12.1. The summed E-state index contributed by atoms with van der Waals surface area (Å²) in [6, 6.07) is 17.7. The van der Waals surface area contributed by atoms with Crippen molar-refractivity contribution >= 4 is 28.9 Å². The van der Waals surface area contributed by atoms with Crippen LogP contribution in [0.25, 0.3) is 0 Å². The third-order valence-electron chi connectivity index (χ3n) is 3.68. The predicted octanol–water partition coefficient (Wildman–Crippen LogP) is 3.86. The van der Waals surface area contributed by atoms with Crippen LogP contribution in [0.15, 0.2) is 73.1 Å². The molecule has 0 spiro atoms. The highest BCUT2D eigenvalue weighted by Crippen LogP contribution is 2.23. The molecule has 0 saturated heterocycles. The molecule has 0 saturated carbocycles. The second-order valence-electron chi connectivity index (χ2n) is 5.44. The van der Waals surface area contributed by atoms with E-state index < -0.39 is 5.97 Å². The van der Waals surface area contributed by atoms with Crippen LogP contribution in [0.2, 0.25) is 0 Å². The Balaban J connectivity index is 1.71. The highest BCUT2D eigenvalue weighted by Gasteiger charge is 2.11. The first-order valence-corrected chi connectivity index (χ1v) is 7.93. The molecule has 2 N–H and O–H groups in total. The maximum absolute atomic E-state index is 12.1. The molecule has 26 heavy (non-hydrogen) atoms. The fourth-order valence-corrected chi connectivity index (χ4v) is 2.37. The van der Waals surface area contributed by atoms with Crippen LogP contribution in [-0.4, -0.2) is 24.0 Å². The van der Waals surface area contributed by atoms with Gasteiger partial charge in [0.25, 0.3) is 5.91 Å². The van der Waals surface area contributed by atoms with E-state index in [1.165, 1.54) is 13.3 Å². The van der Waals surface area contributed by atoms with E-state index in [2.05, 4.69) is 15.6 Å². The highest BCUT2D eigenvalue weighted by atomic mass is 16.5. The van der Waals surface area contributed by atoms with Gasteiger partial charge in [0.2, 0.25) is 0 Å².